The minimum absolute atomic E-state index is 0.233. The van der Waals surface area contributed by atoms with Gasteiger partial charge in [-0.15, -0.1) is 11.3 Å². The van der Waals surface area contributed by atoms with Crippen LogP contribution in [0, 0.1) is 6.92 Å². The molecular formula is C14H19ClN4S. The zero-order valence-electron chi connectivity index (χ0n) is 12.4. The zero-order chi connectivity index (χ0) is 14.9. The monoisotopic (exact) mass is 310 g/mol. The van der Waals surface area contributed by atoms with Gasteiger partial charge in [0.2, 0.25) is 0 Å². The highest BCUT2D eigenvalue weighted by molar-refractivity contribution is 7.09. The third-order valence-electron chi connectivity index (χ3n) is 3.02. The van der Waals surface area contributed by atoms with Gasteiger partial charge in [-0.2, -0.15) is 0 Å². The number of thiazole rings is 1. The average Bonchev–Trinajstić information content (AvgIpc) is 2.88. The molecule has 0 fully saturated rings. The highest BCUT2D eigenvalue weighted by atomic mass is 35.5. The number of hydrogen-bond acceptors (Lipinski definition) is 5. The Hall–Kier alpha value is -1.20. The van der Waals surface area contributed by atoms with Crippen LogP contribution in [0.5, 0.6) is 0 Å². The van der Waals surface area contributed by atoms with Gasteiger partial charge in [0.25, 0.3) is 0 Å². The van der Waals surface area contributed by atoms with E-state index in [1.807, 2.05) is 18.5 Å². The quantitative estimate of drug-likeness (QED) is 0.852. The van der Waals surface area contributed by atoms with Crippen molar-refractivity contribution in [2.24, 2.45) is 0 Å². The number of nitrogens with one attached hydrogen (secondary N) is 1. The first-order valence-electron chi connectivity index (χ1n) is 6.53. The van der Waals surface area contributed by atoms with Crippen molar-refractivity contribution in [1.29, 1.82) is 0 Å². The van der Waals surface area contributed by atoms with Crippen LogP contribution < -0.4 is 5.32 Å². The first-order valence-corrected chi connectivity index (χ1v) is 7.79. The van der Waals surface area contributed by atoms with Crippen molar-refractivity contribution in [3.05, 3.63) is 33.1 Å². The van der Waals surface area contributed by atoms with Crippen LogP contribution in [0.3, 0.4) is 0 Å². The van der Waals surface area contributed by atoms with E-state index in [1.54, 1.807) is 11.3 Å². The molecule has 0 radical (unpaired) electrons. The summed E-state index contributed by atoms with van der Waals surface area (Å²) in [5, 5.41) is 6.92. The molecule has 2 heterocycles. The van der Waals surface area contributed by atoms with E-state index in [1.165, 1.54) is 0 Å². The molecule has 0 aliphatic rings. The average molecular weight is 311 g/mol. The van der Waals surface area contributed by atoms with E-state index < -0.39 is 0 Å². The predicted molar refractivity (Wildman–Crippen MR) is 84.6 cm³/mol. The van der Waals surface area contributed by atoms with Gasteiger partial charge in [0.1, 0.15) is 21.8 Å². The van der Waals surface area contributed by atoms with Crippen molar-refractivity contribution in [3.8, 4) is 0 Å². The van der Waals surface area contributed by atoms with Crippen molar-refractivity contribution in [1.82, 2.24) is 15.0 Å². The second kappa shape index (κ2) is 5.66. The van der Waals surface area contributed by atoms with Gasteiger partial charge < -0.3 is 5.32 Å². The largest absolute Gasteiger partial charge is 0.358 e. The van der Waals surface area contributed by atoms with Gasteiger partial charge in [0, 0.05) is 23.1 Å². The second-order valence-corrected chi connectivity index (χ2v) is 6.84. The Bertz CT molecular complexity index is 593. The molecule has 0 saturated carbocycles. The normalized spacial score (nSPS) is 11.9. The molecule has 0 spiro atoms. The summed E-state index contributed by atoms with van der Waals surface area (Å²) in [6, 6.07) is 0. The van der Waals surface area contributed by atoms with Gasteiger partial charge in [-0.1, -0.05) is 25.4 Å². The fourth-order valence-corrected chi connectivity index (χ4v) is 2.66. The van der Waals surface area contributed by atoms with Crippen molar-refractivity contribution in [3.63, 3.8) is 0 Å². The lowest BCUT2D eigenvalue weighted by molar-refractivity contribution is 0.597. The Morgan fingerprint density at radius 1 is 1.30 bits per heavy atom. The minimum Gasteiger partial charge on any atom is -0.358 e. The fourth-order valence-electron chi connectivity index (χ4n) is 1.77. The Labute approximate surface area is 128 Å². The molecule has 20 heavy (non-hydrogen) atoms. The van der Waals surface area contributed by atoms with E-state index in [2.05, 4.69) is 48.0 Å². The number of halogens is 1. The molecule has 0 aliphatic carbocycles. The third-order valence-corrected chi connectivity index (χ3v) is 4.48. The van der Waals surface area contributed by atoms with Gasteiger partial charge >= 0.3 is 0 Å². The highest BCUT2D eigenvalue weighted by Gasteiger charge is 2.25. The SMILES string of the molecule is Cc1c(Cl)nc(C(C)C)nc1NC(C)(C)c1nccs1. The molecule has 0 aliphatic heterocycles. The maximum atomic E-state index is 6.21. The van der Waals surface area contributed by atoms with Crippen LogP contribution in [0.1, 0.15) is 50.0 Å². The lowest BCUT2D eigenvalue weighted by Gasteiger charge is -2.26. The lowest BCUT2D eigenvalue weighted by Crippen LogP contribution is -2.29. The molecule has 0 unspecified atom stereocenters. The molecule has 108 valence electrons. The first kappa shape index (κ1) is 15.2. The number of nitrogens with zero attached hydrogens (tertiary/aromatic N) is 3. The fraction of sp³-hybridized carbons (Fsp3) is 0.500. The summed E-state index contributed by atoms with van der Waals surface area (Å²) >= 11 is 7.83. The van der Waals surface area contributed by atoms with Crippen LogP contribution in [-0.4, -0.2) is 15.0 Å². The van der Waals surface area contributed by atoms with Crippen molar-refractivity contribution < 1.29 is 0 Å². The van der Waals surface area contributed by atoms with Gasteiger partial charge in [-0.3, -0.25) is 0 Å². The molecule has 0 atom stereocenters. The summed E-state index contributed by atoms with van der Waals surface area (Å²) < 4.78 is 0. The van der Waals surface area contributed by atoms with Gasteiger partial charge in [0.05, 0.1) is 5.54 Å². The highest BCUT2D eigenvalue weighted by Crippen LogP contribution is 2.30. The van der Waals surface area contributed by atoms with Crippen molar-refractivity contribution in [2.75, 3.05) is 5.32 Å². The number of aromatic nitrogens is 3. The standard InChI is InChI=1S/C14H19ClN4S/c1-8(2)11-17-10(15)9(3)12(18-11)19-14(4,5)13-16-6-7-20-13/h6-8H,1-5H3,(H,17,18,19). The Morgan fingerprint density at radius 3 is 2.55 bits per heavy atom. The van der Waals surface area contributed by atoms with E-state index in [4.69, 9.17) is 11.6 Å². The van der Waals surface area contributed by atoms with Crippen LogP contribution in [0.25, 0.3) is 0 Å². The van der Waals surface area contributed by atoms with Gasteiger partial charge in [0.15, 0.2) is 0 Å². The molecule has 0 bridgehead atoms. The van der Waals surface area contributed by atoms with E-state index in [-0.39, 0.29) is 11.5 Å². The molecule has 1 N–H and O–H groups in total. The van der Waals surface area contributed by atoms with E-state index >= 15 is 0 Å². The zero-order valence-corrected chi connectivity index (χ0v) is 13.9. The summed E-state index contributed by atoms with van der Waals surface area (Å²) in [6.45, 7) is 10.2. The van der Waals surface area contributed by atoms with Crippen LogP contribution in [0.15, 0.2) is 11.6 Å². The summed E-state index contributed by atoms with van der Waals surface area (Å²) in [4.78, 5) is 13.3. The summed E-state index contributed by atoms with van der Waals surface area (Å²) in [7, 11) is 0. The number of rotatable bonds is 4. The topological polar surface area (TPSA) is 50.7 Å². The van der Waals surface area contributed by atoms with E-state index in [9.17, 15) is 0 Å². The molecular weight excluding hydrogens is 292 g/mol. The maximum absolute atomic E-state index is 6.21. The van der Waals surface area contributed by atoms with Gasteiger partial charge in [-0.25, -0.2) is 15.0 Å². The summed E-state index contributed by atoms with van der Waals surface area (Å²) in [6.07, 6.45) is 1.81. The van der Waals surface area contributed by atoms with Crippen LogP contribution in [0.4, 0.5) is 5.82 Å². The molecule has 0 aromatic carbocycles. The number of anilines is 1. The maximum Gasteiger partial charge on any atom is 0.137 e. The molecule has 2 aromatic heterocycles. The molecule has 4 nitrogen and oxygen atoms in total. The molecule has 0 amide bonds. The smallest absolute Gasteiger partial charge is 0.137 e. The van der Waals surface area contributed by atoms with Crippen LogP contribution in [0.2, 0.25) is 5.15 Å². The van der Waals surface area contributed by atoms with Crippen LogP contribution in [-0.2, 0) is 5.54 Å². The molecule has 2 aromatic rings. The van der Waals surface area contributed by atoms with Crippen molar-refractivity contribution >= 4 is 28.8 Å². The van der Waals surface area contributed by atoms with Crippen molar-refractivity contribution in [2.45, 2.75) is 46.1 Å². The first-order chi connectivity index (χ1) is 9.31. The predicted octanol–water partition coefficient (Wildman–Crippen LogP) is 4.37. The lowest BCUT2D eigenvalue weighted by atomic mass is 10.1. The van der Waals surface area contributed by atoms with Gasteiger partial charge in [-0.05, 0) is 20.8 Å². The Morgan fingerprint density at radius 2 is 2.00 bits per heavy atom. The van der Waals surface area contributed by atoms with E-state index in [0.29, 0.717) is 5.15 Å². The summed E-state index contributed by atoms with van der Waals surface area (Å²) in [5.41, 5.74) is 0.561. The Balaban J connectivity index is 2.38. The summed E-state index contributed by atoms with van der Waals surface area (Å²) in [5.74, 6) is 1.75. The molecule has 0 saturated heterocycles. The Kier molecular flexibility index (Phi) is 4.30. The molecule has 6 heteroatoms. The second-order valence-electron chi connectivity index (χ2n) is 5.59. The minimum atomic E-state index is -0.301. The van der Waals surface area contributed by atoms with Crippen LogP contribution >= 0.6 is 22.9 Å². The molecule has 2 rings (SSSR count). The third kappa shape index (κ3) is 3.10. The van der Waals surface area contributed by atoms with E-state index in [0.717, 1.165) is 22.2 Å². The number of hydrogen-bond donors (Lipinski definition) is 1.